The van der Waals surface area contributed by atoms with Gasteiger partial charge in [-0.05, 0) is 26.0 Å². The summed E-state index contributed by atoms with van der Waals surface area (Å²) < 4.78 is 42.7. The van der Waals surface area contributed by atoms with Gasteiger partial charge in [0.2, 0.25) is 0 Å². The summed E-state index contributed by atoms with van der Waals surface area (Å²) >= 11 is 0. The largest absolute Gasteiger partial charge is 0.492 e. The molecule has 0 saturated heterocycles. The third-order valence-corrected chi connectivity index (χ3v) is 2.00. The molecule has 0 amide bonds. The molecule has 0 aliphatic rings. The van der Waals surface area contributed by atoms with Gasteiger partial charge in [0, 0.05) is 6.07 Å². The van der Waals surface area contributed by atoms with Crippen molar-refractivity contribution >= 4 is 5.69 Å². The summed E-state index contributed by atoms with van der Waals surface area (Å²) in [4.78, 5) is 0. The van der Waals surface area contributed by atoms with E-state index in [0.29, 0.717) is 12.3 Å². The lowest BCUT2D eigenvalue weighted by molar-refractivity contribution is 0.130. The summed E-state index contributed by atoms with van der Waals surface area (Å²) in [6.07, 6.45) is -2.49. The fourth-order valence-electron chi connectivity index (χ4n) is 1.20. The molecule has 1 rings (SSSR count). The van der Waals surface area contributed by atoms with E-state index in [-0.39, 0.29) is 5.75 Å². The minimum atomic E-state index is -2.49. The van der Waals surface area contributed by atoms with Crippen LogP contribution in [0.4, 0.5) is 18.9 Å². The molecule has 0 aliphatic carbocycles. The second-order valence-electron chi connectivity index (χ2n) is 3.34. The maximum Gasteiger partial charge on any atom is 0.258 e. The molecule has 1 atom stereocenters. The third-order valence-electron chi connectivity index (χ3n) is 2.00. The number of nitrogens with one attached hydrogen (secondary N) is 1. The Labute approximate surface area is 92.4 Å². The van der Waals surface area contributed by atoms with Crippen molar-refractivity contribution in [1.29, 1.82) is 0 Å². The van der Waals surface area contributed by atoms with Crippen molar-refractivity contribution in [2.75, 3.05) is 11.9 Å². The number of hydrogen-bond acceptors (Lipinski definition) is 2. The first kappa shape index (κ1) is 12.7. The van der Waals surface area contributed by atoms with Crippen molar-refractivity contribution in [3.8, 4) is 5.75 Å². The molecule has 0 aromatic heterocycles. The minimum absolute atomic E-state index is 0.245. The summed E-state index contributed by atoms with van der Waals surface area (Å²) in [5.41, 5.74) is 0.371. The molecule has 5 heteroatoms. The number of ether oxygens (including phenoxy) is 1. The first-order valence-electron chi connectivity index (χ1n) is 5.01. The average molecular weight is 233 g/mol. The van der Waals surface area contributed by atoms with Crippen LogP contribution in [0.5, 0.6) is 5.75 Å². The van der Waals surface area contributed by atoms with Crippen LogP contribution in [-0.4, -0.2) is 19.1 Å². The standard InChI is InChI=1S/C11H14F3NO/c1-3-16-10-6-8(12)4-5-9(10)15-7(2)11(13)14/h4-7,11,15H,3H2,1-2H3. The molecular formula is C11H14F3NO. The van der Waals surface area contributed by atoms with Crippen LogP contribution >= 0.6 is 0 Å². The molecular weight excluding hydrogens is 219 g/mol. The van der Waals surface area contributed by atoms with Crippen LogP contribution in [0.2, 0.25) is 0 Å². The van der Waals surface area contributed by atoms with E-state index in [2.05, 4.69) is 5.32 Å². The maximum atomic E-state index is 12.9. The van der Waals surface area contributed by atoms with E-state index in [1.807, 2.05) is 0 Å². The Morgan fingerprint density at radius 2 is 2.06 bits per heavy atom. The monoisotopic (exact) mass is 233 g/mol. The summed E-state index contributed by atoms with van der Waals surface area (Å²) in [5.74, 6) is -0.214. The predicted molar refractivity (Wildman–Crippen MR) is 56.7 cm³/mol. The van der Waals surface area contributed by atoms with Crippen molar-refractivity contribution in [1.82, 2.24) is 0 Å². The SMILES string of the molecule is CCOc1cc(F)ccc1NC(C)C(F)F. The molecule has 0 bridgehead atoms. The van der Waals surface area contributed by atoms with Crippen molar-refractivity contribution < 1.29 is 17.9 Å². The van der Waals surface area contributed by atoms with Gasteiger partial charge in [-0.3, -0.25) is 0 Å². The van der Waals surface area contributed by atoms with E-state index in [4.69, 9.17) is 4.74 Å². The summed E-state index contributed by atoms with van der Waals surface area (Å²) in [6, 6.07) is 2.75. The molecule has 16 heavy (non-hydrogen) atoms. The highest BCUT2D eigenvalue weighted by Gasteiger charge is 2.16. The Morgan fingerprint density at radius 1 is 1.38 bits per heavy atom. The Kier molecular flexibility index (Phi) is 4.46. The smallest absolute Gasteiger partial charge is 0.258 e. The van der Waals surface area contributed by atoms with Gasteiger partial charge in [-0.25, -0.2) is 13.2 Å². The van der Waals surface area contributed by atoms with E-state index >= 15 is 0 Å². The van der Waals surface area contributed by atoms with Crippen LogP contribution in [-0.2, 0) is 0 Å². The zero-order chi connectivity index (χ0) is 12.1. The third kappa shape index (κ3) is 3.32. The van der Waals surface area contributed by atoms with Gasteiger partial charge in [0.1, 0.15) is 11.6 Å². The van der Waals surface area contributed by atoms with Gasteiger partial charge in [0.15, 0.2) is 0 Å². The summed E-state index contributed by atoms with van der Waals surface area (Å²) in [7, 11) is 0. The molecule has 1 aromatic rings. The fraction of sp³-hybridized carbons (Fsp3) is 0.455. The quantitative estimate of drug-likeness (QED) is 0.842. The van der Waals surface area contributed by atoms with Crippen molar-refractivity contribution in [3.05, 3.63) is 24.0 Å². The highest BCUT2D eigenvalue weighted by molar-refractivity contribution is 5.57. The predicted octanol–water partition coefficient (Wildman–Crippen LogP) is 3.29. The average Bonchev–Trinajstić information content (AvgIpc) is 2.22. The summed E-state index contributed by atoms with van der Waals surface area (Å²) in [5, 5.41) is 2.58. The molecule has 1 aromatic carbocycles. The first-order valence-corrected chi connectivity index (χ1v) is 5.01. The van der Waals surface area contributed by atoms with Gasteiger partial charge >= 0.3 is 0 Å². The Hall–Kier alpha value is -1.39. The molecule has 0 radical (unpaired) electrons. The lowest BCUT2D eigenvalue weighted by Gasteiger charge is -2.17. The van der Waals surface area contributed by atoms with Gasteiger partial charge in [-0.15, -0.1) is 0 Å². The molecule has 0 heterocycles. The van der Waals surface area contributed by atoms with Crippen molar-refractivity contribution in [2.45, 2.75) is 26.3 Å². The highest BCUT2D eigenvalue weighted by atomic mass is 19.3. The van der Waals surface area contributed by atoms with E-state index in [1.165, 1.54) is 25.1 Å². The normalized spacial score (nSPS) is 12.6. The zero-order valence-corrected chi connectivity index (χ0v) is 9.14. The van der Waals surface area contributed by atoms with E-state index in [9.17, 15) is 13.2 Å². The van der Waals surface area contributed by atoms with Crippen LogP contribution in [0, 0.1) is 5.82 Å². The van der Waals surface area contributed by atoms with Crippen molar-refractivity contribution in [3.63, 3.8) is 0 Å². The molecule has 1 unspecified atom stereocenters. The second-order valence-corrected chi connectivity index (χ2v) is 3.34. The highest BCUT2D eigenvalue weighted by Crippen LogP contribution is 2.26. The molecule has 2 nitrogen and oxygen atoms in total. The number of benzene rings is 1. The molecule has 1 N–H and O–H groups in total. The van der Waals surface area contributed by atoms with Gasteiger partial charge in [0.05, 0.1) is 18.3 Å². The van der Waals surface area contributed by atoms with Crippen LogP contribution in [0.15, 0.2) is 18.2 Å². The van der Waals surface area contributed by atoms with E-state index in [0.717, 1.165) is 0 Å². The topological polar surface area (TPSA) is 21.3 Å². The van der Waals surface area contributed by atoms with Crippen LogP contribution in [0.1, 0.15) is 13.8 Å². The first-order chi connectivity index (χ1) is 7.54. The number of rotatable bonds is 5. The lowest BCUT2D eigenvalue weighted by atomic mass is 10.2. The number of anilines is 1. The maximum absolute atomic E-state index is 12.9. The van der Waals surface area contributed by atoms with Crippen LogP contribution in [0.3, 0.4) is 0 Å². The summed E-state index contributed by atoms with van der Waals surface area (Å²) in [6.45, 7) is 3.44. The fourth-order valence-corrected chi connectivity index (χ4v) is 1.20. The Morgan fingerprint density at radius 3 is 2.62 bits per heavy atom. The number of halogens is 3. The van der Waals surface area contributed by atoms with Crippen molar-refractivity contribution in [2.24, 2.45) is 0 Å². The van der Waals surface area contributed by atoms with Crippen LogP contribution < -0.4 is 10.1 Å². The number of hydrogen-bond donors (Lipinski definition) is 1. The van der Waals surface area contributed by atoms with Gasteiger partial charge in [0.25, 0.3) is 6.43 Å². The zero-order valence-electron chi connectivity index (χ0n) is 9.14. The van der Waals surface area contributed by atoms with Gasteiger partial charge in [-0.2, -0.15) is 0 Å². The Bertz CT molecular complexity index is 344. The lowest BCUT2D eigenvalue weighted by Crippen LogP contribution is -2.24. The molecule has 0 fully saturated rings. The van der Waals surface area contributed by atoms with Gasteiger partial charge < -0.3 is 10.1 Å². The number of alkyl halides is 2. The molecule has 0 saturated carbocycles. The molecule has 90 valence electrons. The Balaban J connectivity index is 2.85. The van der Waals surface area contributed by atoms with E-state index in [1.54, 1.807) is 6.92 Å². The molecule has 0 spiro atoms. The minimum Gasteiger partial charge on any atom is -0.492 e. The second kappa shape index (κ2) is 5.63. The van der Waals surface area contributed by atoms with Crippen LogP contribution in [0.25, 0.3) is 0 Å². The molecule has 0 aliphatic heterocycles. The van der Waals surface area contributed by atoms with E-state index < -0.39 is 18.3 Å². The van der Waals surface area contributed by atoms with Gasteiger partial charge in [-0.1, -0.05) is 0 Å².